The van der Waals surface area contributed by atoms with E-state index in [0.717, 1.165) is 19.4 Å². The average molecular weight is 316 g/mol. The average Bonchev–Trinajstić information content (AvgIpc) is 2.40. The van der Waals surface area contributed by atoms with Gasteiger partial charge in [-0.15, -0.1) is 0 Å². The Morgan fingerprint density at radius 1 is 1.27 bits per heavy atom. The highest BCUT2D eigenvalue weighted by Crippen LogP contribution is 2.21. The number of ether oxygens (including phenoxy) is 3. The lowest BCUT2D eigenvalue weighted by molar-refractivity contribution is -0.122. The predicted octanol–water partition coefficient (Wildman–Crippen LogP) is 2.37. The third-order valence-electron chi connectivity index (χ3n) is 3.97. The van der Waals surface area contributed by atoms with Crippen molar-refractivity contribution in [2.75, 3.05) is 20.8 Å². The first-order chi connectivity index (χ1) is 10.2. The van der Waals surface area contributed by atoms with Gasteiger partial charge in [0.2, 0.25) is 0 Å². The molecule has 1 N–H and O–H groups in total. The van der Waals surface area contributed by atoms with Gasteiger partial charge >= 0.3 is 6.09 Å². The Hall–Kier alpha value is -0.850. The molecular weight excluding hydrogens is 284 g/mol. The predicted molar refractivity (Wildman–Crippen MR) is 85.8 cm³/mol. The second-order valence-electron chi connectivity index (χ2n) is 6.96. The van der Waals surface area contributed by atoms with E-state index in [0.29, 0.717) is 0 Å². The van der Waals surface area contributed by atoms with Crippen molar-refractivity contribution < 1.29 is 19.0 Å². The summed E-state index contributed by atoms with van der Waals surface area (Å²) in [4.78, 5) is 14.1. The maximum absolute atomic E-state index is 12.3. The maximum atomic E-state index is 12.3. The summed E-state index contributed by atoms with van der Waals surface area (Å²) in [7, 11) is 3.26. The molecule has 1 amide bonds. The van der Waals surface area contributed by atoms with Gasteiger partial charge in [-0.2, -0.15) is 0 Å². The highest BCUT2D eigenvalue weighted by Gasteiger charge is 2.35. The van der Waals surface area contributed by atoms with Crippen molar-refractivity contribution in [1.29, 1.82) is 0 Å². The number of rotatable bonds is 5. The second kappa shape index (κ2) is 8.13. The summed E-state index contributed by atoms with van der Waals surface area (Å²) >= 11 is 0. The van der Waals surface area contributed by atoms with E-state index in [9.17, 15) is 4.79 Å². The Balaban J connectivity index is 2.65. The number of likely N-dealkylation sites (tertiary alicyclic amines) is 1. The third-order valence-corrected chi connectivity index (χ3v) is 3.97. The number of amides is 1. The van der Waals surface area contributed by atoms with Crippen LogP contribution in [0.3, 0.4) is 0 Å². The van der Waals surface area contributed by atoms with E-state index >= 15 is 0 Å². The summed E-state index contributed by atoms with van der Waals surface area (Å²) in [5, 5.41) is 3.52. The van der Waals surface area contributed by atoms with E-state index in [1.807, 2.05) is 32.6 Å². The molecule has 130 valence electrons. The molecule has 1 rings (SSSR count). The zero-order valence-electron chi connectivity index (χ0n) is 15.0. The van der Waals surface area contributed by atoms with Crippen LogP contribution in [-0.2, 0) is 14.2 Å². The molecule has 1 saturated heterocycles. The maximum Gasteiger partial charge on any atom is 0.410 e. The number of carbonyl (C=O) groups excluding carboxylic acids is 1. The first-order valence-electron chi connectivity index (χ1n) is 8.01. The molecule has 1 aliphatic rings. The van der Waals surface area contributed by atoms with Crippen LogP contribution < -0.4 is 5.32 Å². The number of piperidine rings is 1. The molecule has 0 bridgehead atoms. The largest absolute Gasteiger partial charge is 0.444 e. The lowest BCUT2D eigenvalue weighted by Gasteiger charge is -2.41. The van der Waals surface area contributed by atoms with Crippen molar-refractivity contribution in [2.24, 2.45) is 0 Å². The van der Waals surface area contributed by atoms with Gasteiger partial charge in [0.25, 0.3) is 0 Å². The number of carbonyl (C=O) groups is 1. The Kier molecular flexibility index (Phi) is 7.09. The van der Waals surface area contributed by atoms with E-state index < -0.39 is 5.60 Å². The Labute approximate surface area is 134 Å². The molecule has 0 saturated carbocycles. The molecule has 0 aliphatic carbocycles. The minimum absolute atomic E-state index is 0.0426. The van der Waals surface area contributed by atoms with Gasteiger partial charge in [0.15, 0.2) is 6.29 Å². The third kappa shape index (κ3) is 5.41. The number of hydrogen-bond donors (Lipinski definition) is 1. The smallest absolute Gasteiger partial charge is 0.410 e. The molecule has 1 heterocycles. The van der Waals surface area contributed by atoms with Gasteiger partial charge in [-0.3, -0.25) is 0 Å². The van der Waals surface area contributed by atoms with Crippen LogP contribution in [0.2, 0.25) is 0 Å². The highest BCUT2D eigenvalue weighted by atomic mass is 16.7. The van der Waals surface area contributed by atoms with Crippen LogP contribution in [0.15, 0.2) is 0 Å². The molecule has 6 heteroatoms. The van der Waals surface area contributed by atoms with Crippen molar-refractivity contribution in [3.63, 3.8) is 0 Å². The van der Waals surface area contributed by atoms with E-state index in [1.165, 1.54) is 0 Å². The zero-order chi connectivity index (χ0) is 16.9. The van der Waals surface area contributed by atoms with Crippen LogP contribution >= 0.6 is 0 Å². The minimum Gasteiger partial charge on any atom is -0.444 e. The van der Waals surface area contributed by atoms with Gasteiger partial charge in [-0.1, -0.05) is 0 Å². The van der Waals surface area contributed by atoms with Gasteiger partial charge in [0.05, 0.1) is 6.04 Å². The summed E-state index contributed by atoms with van der Waals surface area (Å²) in [6.45, 7) is 10.5. The lowest BCUT2D eigenvalue weighted by atomic mass is 9.97. The van der Waals surface area contributed by atoms with Crippen LogP contribution in [0.1, 0.15) is 47.5 Å². The fraction of sp³-hybridized carbons (Fsp3) is 0.938. The van der Waals surface area contributed by atoms with Crippen LogP contribution in [0, 0.1) is 0 Å². The first kappa shape index (κ1) is 19.2. The van der Waals surface area contributed by atoms with Crippen molar-refractivity contribution >= 4 is 6.09 Å². The monoisotopic (exact) mass is 316 g/mol. The number of methoxy groups -OCH3 is 2. The summed E-state index contributed by atoms with van der Waals surface area (Å²) < 4.78 is 16.1. The minimum atomic E-state index is -0.471. The number of hydrogen-bond acceptors (Lipinski definition) is 5. The normalized spacial score (nSPS) is 24.5. The molecule has 3 unspecified atom stereocenters. The zero-order valence-corrected chi connectivity index (χ0v) is 15.0. The first-order valence-corrected chi connectivity index (χ1v) is 8.01. The molecule has 3 atom stereocenters. The van der Waals surface area contributed by atoms with Crippen LogP contribution in [-0.4, -0.2) is 61.8 Å². The van der Waals surface area contributed by atoms with Crippen LogP contribution in [0.25, 0.3) is 0 Å². The topological polar surface area (TPSA) is 60.0 Å². The van der Waals surface area contributed by atoms with Gasteiger partial charge in [-0.25, -0.2) is 4.79 Å². The SMILES string of the molecule is COC(OC)C(C)NC1CCCN(C(=O)OC(C)(C)C)C1C. The van der Waals surface area contributed by atoms with E-state index in [4.69, 9.17) is 14.2 Å². The van der Waals surface area contributed by atoms with Gasteiger partial charge < -0.3 is 24.4 Å². The summed E-state index contributed by atoms with van der Waals surface area (Å²) in [6.07, 6.45) is 1.43. The van der Waals surface area contributed by atoms with Crippen LogP contribution in [0.5, 0.6) is 0 Å². The van der Waals surface area contributed by atoms with Crippen LogP contribution in [0.4, 0.5) is 4.79 Å². The lowest BCUT2D eigenvalue weighted by Crippen LogP contribution is -2.58. The van der Waals surface area contributed by atoms with Gasteiger partial charge in [-0.05, 0) is 47.5 Å². The molecule has 22 heavy (non-hydrogen) atoms. The molecule has 1 aliphatic heterocycles. The number of nitrogens with zero attached hydrogens (tertiary/aromatic N) is 1. The summed E-state index contributed by atoms with van der Waals surface area (Å²) in [5.41, 5.74) is -0.471. The van der Waals surface area contributed by atoms with E-state index in [1.54, 1.807) is 14.2 Å². The molecule has 0 aromatic heterocycles. The quantitative estimate of drug-likeness (QED) is 0.789. The van der Waals surface area contributed by atoms with Gasteiger partial charge in [0, 0.05) is 32.8 Å². The molecule has 0 aromatic carbocycles. The molecule has 0 radical (unpaired) electrons. The Bertz CT molecular complexity index is 353. The van der Waals surface area contributed by atoms with Crippen molar-refractivity contribution in [1.82, 2.24) is 10.2 Å². The molecule has 0 spiro atoms. The Morgan fingerprint density at radius 3 is 2.36 bits per heavy atom. The van der Waals surface area contributed by atoms with E-state index in [-0.39, 0.29) is 30.5 Å². The molecule has 6 nitrogen and oxygen atoms in total. The molecular formula is C16H32N2O4. The fourth-order valence-electron chi connectivity index (χ4n) is 2.87. The Morgan fingerprint density at radius 2 is 1.86 bits per heavy atom. The second-order valence-corrected chi connectivity index (χ2v) is 6.96. The van der Waals surface area contributed by atoms with Gasteiger partial charge in [0.1, 0.15) is 5.60 Å². The van der Waals surface area contributed by atoms with E-state index in [2.05, 4.69) is 12.2 Å². The fourth-order valence-corrected chi connectivity index (χ4v) is 2.87. The molecule has 0 aromatic rings. The van der Waals surface area contributed by atoms with Crippen molar-refractivity contribution in [2.45, 2.75) is 77.5 Å². The standard InChI is InChI=1S/C16H32N2O4/c1-11(14(20-6)21-7)17-13-9-8-10-18(12(13)2)15(19)22-16(3,4)5/h11-14,17H,8-10H2,1-7H3. The van der Waals surface area contributed by atoms with Crippen molar-refractivity contribution in [3.8, 4) is 0 Å². The molecule has 1 fully saturated rings. The summed E-state index contributed by atoms with van der Waals surface area (Å²) in [5.74, 6) is 0. The van der Waals surface area contributed by atoms with Crippen molar-refractivity contribution in [3.05, 3.63) is 0 Å². The summed E-state index contributed by atoms with van der Waals surface area (Å²) in [6, 6.07) is 0.311. The highest BCUT2D eigenvalue weighted by molar-refractivity contribution is 5.68. The number of nitrogens with one attached hydrogen (secondary N) is 1.